The number of carbonyl (C=O) groups excluding carboxylic acids is 1. The minimum absolute atomic E-state index is 0.468. The third-order valence-corrected chi connectivity index (χ3v) is 5.10. The fourth-order valence-electron chi connectivity index (χ4n) is 2.34. The standard InChI is InChI=1S/C20H17FN2O4S/c21-18-8-4-5-9-19(18)28(25,26)22-14-20(24)23-15-10-12-17(13-11-15)27-16-6-2-1-3-7-16/h1-13,22H,14H2,(H,23,24). The Morgan fingerprint density at radius 2 is 1.46 bits per heavy atom. The van der Waals surface area contributed by atoms with Crippen LogP contribution in [0.2, 0.25) is 0 Å². The normalized spacial score (nSPS) is 11.0. The first kappa shape index (κ1) is 19.5. The number of hydrogen-bond donors (Lipinski definition) is 2. The van der Waals surface area contributed by atoms with Crippen molar-refractivity contribution >= 4 is 21.6 Å². The van der Waals surface area contributed by atoms with Crippen molar-refractivity contribution in [1.29, 1.82) is 0 Å². The SMILES string of the molecule is O=C(CNS(=O)(=O)c1ccccc1F)Nc1ccc(Oc2ccccc2)cc1. The van der Waals surface area contributed by atoms with Gasteiger partial charge in [0.05, 0.1) is 6.54 Å². The molecule has 8 heteroatoms. The van der Waals surface area contributed by atoms with E-state index < -0.39 is 33.2 Å². The number of amides is 1. The number of ether oxygens (including phenoxy) is 1. The molecule has 0 heterocycles. The third kappa shape index (κ3) is 5.15. The average molecular weight is 400 g/mol. The van der Waals surface area contributed by atoms with Gasteiger partial charge in [0.2, 0.25) is 15.9 Å². The molecule has 144 valence electrons. The second kappa shape index (κ2) is 8.64. The largest absolute Gasteiger partial charge is 0.457 e. The Labute approximate surface area is 162 Å². The van der Waals surface area contributed by atoms with Gasteiger partial charge in [0.15, 0.2) is 0 Å². The predicted octanol–water partition coefficient (Wildman–Crippen LogP) is 3.54. The van der Waals surface area contributed by atoms with Crippen molar-refractivity contribution in [2.75, 3.05) is 11.9 Å². The second-order valence-corrected chi connectivity index (χ2v) is 7.48. The van der Waals surface area contributed by atoms with Crippen LogP contribution in [0, 0.1) is 5.82 Å². The van der Waals surface area contributed by atoms with E-state index in [4.69, 9.17) is 4.74 Å². The Bertz CT molecular complexity index is 1060. The highest BCUT2D eigenvalue weighted by molar-refractivity contribution is 7.89. The Balaban J connectivity index is 1.55. The average Bonchev–Trinajstić information content (AvgIpc) is 2.69. The Kier molecular flexibility index (Phi) is 6.03. The molecule has 6 nitrogen and oxygen atoms in total. The van der Waals surface area contributed by atoms with E-state index >= 15 is 0 Å². The number of anilines is 1. The number of halogens is 1. The number of sulfonamides is 1. The van der Waals surface area contributed by atoms with Crippen LogP contribution in [0.15, 0.2) is 83.8 Å². The smallest absolute Gasteiger partial charge is 0.243 e. The highest BCUT2D eigenvalue weighted by Crippen LogP contribution is 2.22. The van der Waals surface area contributed by atoms with Gasteiger partial charge in [0.1, 0.15) is 22.2 Å². The first-order valence-corrected chi connectivity index (χ1v) is 9.79. The number of para-hydroxylation sites is 1. The number of carbonyl (C=O) groups is 1. The first-order valence-electron chi connectivity index (χ1n) is 8.31. The molecule has 0 bridgehead atoms. The molecule has 28 heavy (non-hydrogen) atoms. The van der Waals surface area contributed by atoms with Gasteiger partial charge in [0, 0.05) is 5.69 Å². The van der Waals surface area contributed by atoms with Crippen LogP contribution in [0.3, 0.4) is 0 Å². The van der Waals surface area contributed by atoms with Crippen LogP contribution in [-0.4, -0.2) is 20.9 Å². The zero-order valence-electron chi connectivity index (χ0n) is 14.6. The predicted molar refractivity (Wildman–Crippen MR) is 103 cm³/mol. The Morgan fingerprint density at radius 1 is 0.857 bits per heavy atom. The van der Waals surface area contributed by atoms with E-state index in [1.54, 1.807) is 24.3 Å². The molecule has 0 spiro atoms. The lowest BCUT2D eigenvalue weighted by molar-refractivity contribution is -0.115. The molecule has 0 unspecified atom stereocenters. The van der Waals surface area contributed by atoms with Crippen molar-refractivity contribution < 1.29 is 22.3 Å². The molecule has 1 amide bonds. The molecule has 0 fully saturated rings. The van der Waals surface area contributed by atoms with Crippen molar-refractivity contribution in [2.45, 2.75) is 4.90 Å². The molecule has 3 rings (SSSR count). The van der Waals surface area contributed by atoms with Crippen molar-refractivity contribution in [2.24, 2.45) is 0 Å². The van der Waals surface area contributed by atoms with Gasteiger partial charge < -0.3 is 10.1 Å². The fraction of sp³-hybridized carbons (Fsp3) is 0.0500. The maximum absolute atomic E-state index is 13.6. The van der Waals surface area contributed by atoms with Crippen LogP contribution in [0.4, 0.5) is 10.1 Å². The van der Waals surface area contributed by atoms with Gasteiger partial charge in [-0.25, -0.2) is 17.5 Å². The Hall–Kier alpha value is -3.23. The lowest BCUT2D eigenvalue weighted by atomic mass is 10.3. The van der Waals surface area contributed by atoms with E-state index in [1.165, 1.54) is 12.1 Å². The third-order valence-electron chi connectivity index (χ3n) is 3.67. The van der Waals surface area contributed by atoms with E-state index in [1.807, 2.05) is 30.3 Å². The molecule has 0 radical (unpaired) electrons. The summed E-state index contributed by atoms with van der Waals surface area (Å²) in [5, 5.41) is 2.56. The topological polar surface area (TPSA) is 84.5 Å². The molecule has 2 N–H and O–H groups in total. The molecular formula is C20H17FN2O4S. The summed E-state index contributed by atoms with van der Waals surface area (Å²) in [4.78, 5) is 11.5. The van der Waals surface area contributed by atoms with Crippen molar-refractivity contribution in [1.82, 2.24) is 4.72 Å². The van der Waals surface area contributed by atoms with Crippen molar-refractivity contribution in [3.05, 3.63) is 84.7 Å². The lowest BCUT2D eigenvalue weighted by Crippen LogP contribution is -2.33. The number of hydrogen-bond acceptors (Lipinski definition) is 4. The van der Waals surface area contributed by atoms with Gasteiger partial charge in [-0.2, -0.15) is 0 Å². The number of benzene rings is 3. The van der Waals surface area contributed by atoms with Crippen LogP contribution in [-0.2, 0) is 14.8 Å². The van der Waals surface area contributed by atoms with Crippen LogP contribution < -0.4 is 14.8 Å². The molecule has 3 aromatic carbocycles. The highest BCUT2D eigenvalue weighted by Gasteiger charge is 2.19. The molecule has 0 aliphatic carbocycles. The summed E-state index contributed by atoms with van der Waals surface area (Å²) in [6, 6.07) is 20.8. The van der Waals surface area contributed by atoms with E-state index in [-0.39, 0.29) is 0 Å². The van der Waals surface area contributed by atoms with Gasteiger partial charge in [-0.05, 0) is 48.5 Å². The lowest BCUT2D eigenvalue weighted by Gasteiger charge is -2.09. The molecule has 0 aliphatic heterocycles. The summed E-state index contributed by atoms with van der Waals surface area (Å²) in [5.41, 5.74) is 0.468. The molecule has 0 atom stereocenters. The summed E-state index contributed by atoms with van der Waals surface area (Å²) < 4.78 is 45.5. The van der Waals surface area contributed by atoms with Gasteiger partial charge in [0.25, 0.3) is 0 Å². The van der Waals surface area contributed by atoms with E-state index in [2.05, 4.69) is 10.0 Å². The molecule has 0 aromatic heterocycles. The molecule has 0 saturated heterocycles. The maximum atomic E-state index is 13.6. The van der Waals surface area contributed by atoms with Crippen LogP contribution in [0.25, 0.3) is 0 Å². The molecular weight excluding hydrogens is 383 g/mol. The summed E-state index contributed by atoms with van der Waals surface area (Å²) in [6.45, 7) is -0.529. The maximum Gasteiger partial charge on any atom is 0.243 e. The van der Waals surface area contributed by atoms with E-state index in [0.717, 1.165) is 12.1 Å². The van der Waals surface area contributed by atoms with Crippen LogP contribution >= 0.6 is 0 Å². The van der Waals surface area contributed by atoms with E-state index in [0.29, 0.717) is 17.2 Å². The molecule has 0 saturated carbocycles. The minimum atomic E-state index is -4.13. The van der Waals surface area contributed by atoms with Crippen LogP contribution in [0.1, 0.15) is 0 Å². The van der Waals surface area contributed by atoms with Gasteiger partial charge in [-0.1, -0.05) is 30.3 Å². The minimum Gasteiger partial charge on any atom is -0.457 e. The monoisotopic (exact) mass is 400 g/mol. The summed E-state index contributed by atoms with van der Waals surface area (Å²) in [6.07, 6.45) is 0. The quantitative estimate of drug-likeness (QED) is 0.635. The van der Waals surface area contributed by atoms with E-state index in [9.17, 15) is 17.6 Å². The summed E-state index contributed by atoms with van der Waals surface area (Å²) >= 11 is 0. The van der Waals surface area contributed by atoms with Gasteiger partial charge in [-0.3, -0.25) is 4.79 Å². The van der Waals surface area contributed by atoms with Crippen molar-refractivity contribution in [3.63, 3.8) is 0 Å². The fourth-order valence-corrected chi connectivity index (χ4v) is 3.40. The first-order chi connectivity index (χ1) is 13.4. The number of nitrogens with one attached hydrogen (secondary N) is 2. The summed E-state index contributed by atoms with van der Waals surface area (Å²) in [5.74, 6) is -0.202. The molecule has 3 aromatic rings. The second-order valence-electron chi connectivity index (χ2n) is 5.74. The van der Waals surface area contributed by atoms with Gasteiger partial charge >= 0.3 is 0 Å². The van der Waals surface area contributed by atoms with Crippen molar-refractivity contribution in [3.8, 4) is 11.5 Å². The number of rotatable bonds is 7. The summed E-state index contributed by atoms with van der Waals surface area (Å²) in [7, 11) is -4.13. The zero-order chi connectivity index (χ0) is 20.0. The Morgan fingerprint density at radius 3 is 2.14 bits per heavy atom. The van der Waals surface area contributed by atoms with Crippen LogP contribution in [0.5, 0.6) is 11.5 Å². The van der Waals surface area contributed by atoms with Gasteiger partial charge in [-0.15, -0.1) is 0 Å². The highest BCUT2D eigenvalue weighted by atomic mass is 32.2. The zero-order valence-corrected chi connectivity index (χ0v) is 15.4. The molecule has 0 aliphatic rings.